The lowest BCUT2D eigenvalue weighted by Gasteiger charge is -2.12. The van der Waals surface area contributed by atoms with E-state index >= 15 is 0 Å². The molecule has 0 saturated carbocycles. The maximum atomic E-state index is 13.0. The minimum Gasteiger partial charge on any atom is -0.508 e. The van der Waals surface area contributed by atoms with E-state index in [1.54, 1.807) is 0 Å². The molecule has 0 spiro atoms. The fraction of sp³-hybridized carbons (Fsp3) is 0.222. The van der Waals surface area contributed by atoms with Gasteiger partial charge in [0.1, 0.15) is 12.0 Å². The Bertz CT molecular complexity index is 293. The van der Waals surface area contributed by atoms with Gasteiger partial charge in [-0.05, 0) is 24.3 Å². The van der Waals surface area contributed by atoms with E-state index < -0.39 is 12.3 Å². The van der Waals surface area contributed by atoms with Gasteiger partial charge in [-0.3, -0.25) is 0 Å². The number of halogens is 2. The van der Waals surface area contributed by atoms with Crippen LogP contribution in [0.3, 0.4) is 0 Å². The van der Waals surface area contributed by atoms with Crippen molar-refractivity contribution >= 4 is 6.29 Å². The minimum atomic E-state index is -3.14. The quantitative estimate of drug-likeness (QED) is 0.733. The molecule has 1 aromatic carbocycles. The number of carbonyl (C=O) groups excluding carboxylic acids is 1. The molecule has 0 atom stereocenters. The van der Waals surface area contributed by atoms with Crippen LogP contribution >= 0.6 is 0 Å². The second-order valence-corrected chi connectivity index (χ2v) is 2.62. The molecule has 0 radical (unpaired) electrons. The van der Waals surface area contributed by atoms with Crippen LogP contribution in [0, 0.1) is 0 Å². The van der Waals surface area contributed by atoms with Crippen molar-refractivity contribution in [2.45, 2.75) is 12.3 Å². The Balaban J connectivity index is 2.93. The highest BCUT2D eigenvalue weighted by Crippen LogP contribution is 2.31. The first-order valence-corrected chi connectivity index (χ1v) is 3.67. The Morgan fingerprint density at radius 2 is 1.85 bits per heavy atom. The Labute approximate surface area is 73.8 Å². The summed E-state index contributed by atoms with van der Waals surface area (Å²) in [5.74, 6) is -3.22. The van der Waals surface area contributed by atoms with Crippen LogP contribution < -0.4 is 0 Å². The molecule has 1 aromatic rings. The molecule has 0 heterocycles. The van der Waals surface area contributed by atoms with Gasteiger partial charge in [-0.1, -0.05) is 0 Å². The number of hydrogen-bond acceptors (Lipinski definition) is 2. The molecule has 0 aliphatic carbocycles. The van der Waals surface area contributed by atoms with Crippen LogP contribution in [0.15, 0.2) is 24.3 Å². The van der Waals surface area contributed by atoms with Crippen molar-refractivity contribution in [3.05, 3.63) is 29.8 Å². The van der Waals surface area contributed by atoms with Gasteiger partial charge in [0.2, 0.25) is 0 Å². The zero-order valence-corrected chi connectivity index (χ0v) is 6.71. The summed E-state index contributed by atoms with van der Waals surface area (Å²) in [6.45, 7) is 0. The van der Waals surface area contributed by atoms with Crippen LogP contribution in [0.4, 0.5) is 8.78 Å². The van der Waals surface area contributed by atoms with Crippen molar-refractivity contribution in [3.63, 3.8) is 0 Å². The number of aldehydes is 1. The molecule has 4 heteroatoms. The van der Waals surface area contributed by atoms with Crippen molar-refractivity contribution in [3.8, 4) is 5.75 Å². The van der Waals surface area contributed by atoms with Crippen LogP contribution in [0.2, 0.25) is 0 Å². The molecule has 0 aromatic heterocycles. The highest BCUT2D eigenvalue weighted by Gasteiger charge is 2.30. The number of phenols is 1. The lowest BCUT2D eigenvalue weighted by molar-refractivity contribution is -0.115. The SMILES string of the molecule is O=CCC(F)(F)c1ccc(O)cc1. The standard InChI is InChI=1S/C9H8F2O2/c10-9(11,5-6-12)7-1-3-8(13)4-2-7/h1-4,6,13H,5H2. The Morgan fingerprint density at radius 1 is 1.31 bits per heavy atom. The summed E-state index contributed by atoms with van der Waals surface area (Å²) in [5, 5.41) is 8.84. The Morgan fingerprint density at radius 3 is 2.31 bits per heavy atom. The first-order valence-electron chi connectivity index (χ1n) is 3.67. The Kier molecular flexibility index (Phi) is 2.60. The molecule has 0 saturated heterocycles. The number of carbonyl (C=O) groups is 1. The fourth-order valence-corrected chi connectivity index (χ4v) is 0.928. The van der Waals surface area contributed by atoms with Gasteiger partial charge >= 0.3 is 0 Å². The molecule has 0 fully saturated rings. The number of benzene rings is 1. The third kappa shape index (κ3) is 2.24. The zero-order valence-electron chi connectivity index (χ0n) is 6.71. The summed E-state index contributed by atoms with van der Waals surface area (Å²) in [5.41, 5.74) is -0.266. The third-order valence-corrected chi connectivity index (χ3v) is 1.63. The average Bonchev–Trinajstić information content (AvgIpc) is 2.05. The van der Waals surface area contributed by atoms with Crippen molar-refractivity contribution in [2.24, 2.45) is 0 Å². The molecule has 0 aliphatic heterocycles. The highest BCUT2D eigenvalue weighted by molar-refractivity contribution is 5.52. The third-order valence-electron chi connectivity index (χ3n) is 1.63. The normalized spacial score (nSPS) is 11.2. The first-order chi connectivity index (χ1) is 6.06. The van der Waals surface area contributed by atoms with E-state index in [1.807, 2.05) is 0 Å². The van der Waals surface area contributed by atoms with Crippen LogP contribution in [0.25, 0.3) is 0 Å². The zero-order chi connectivity index (χ0) is 9.90. The van der Waals surface area contributed by atoms with Gasteiger partial charge in [0.25, 0.3) is 5.92 Å². The van der Waals surface area contributed by atoms with Gasteiger partial charge in [0.05, 0.1) is 6.42 Å². The van der Waals surface area contributed by atoms with Crippen molar-refractivity contribution in [1.29, 1.82) is 0 Å². The molecule has 0 aliphatic rings. The van der Waals surface area contributed by atoms with Crippen LogP contribution in [-0.4, -0.2) is 11.4 Å². The lowest BCUT2D eigenvalue weighted by atomic mass is 10.1. The molecular formula is C9H8F2O2. The summed E-state index contributed by atoms with van der Waals surface area (Å²) in [4.78, 5) is 9.93. The number of phenolic OH excluding ortho intramolecular Hbond substituents is 1. The van der Waals surface area contributed by atoms with E-state index in [-0.39, 0.29) is 17.6 Å². The number of aromatic hydroxyl groups is 1. The molecule has 0 bridgehead atoms. The van der Waals surface area contributed by atoms with E-state index in [0.717, 1.165) is 24.3 Å². The molecule has 0 amide bonds. The maximum Gasteiger partial charge on any atom is 0.279 e. The van der Waals surface area contributed by atoms with Gasteiger partial charge in [0.15, 0.2) is 0 Å². The highest BCUT2D eigenvalue weighted by atomic mass is 19.3. The molecular weight excluding hydrogens is 178 g/mol. The van der Waals surface area contributed by atoms with Gasteiger partial charge in [-0.25, -0.2) is 8.78 Å². The van der Waals surface area contributed by atoms with Gasteiger partial charge in [0, 0.05) is 5.56 Å². The molecule has 70 valence electrons. The lowest BCUT2D eigenvalue weighted by Crippen LogP contribution is -2.13. The summed E-state index contributed by atoms with van der Waals surface area (Å²) in [6.07, 6.45) is -0.662. The maximum absolute atomic E-state index is 13.0. The van der Waals surface area contributed by atoms with Crippen molar-refractivity contribution in [1.82, 2.24) is 0 Å². The molecule has 1 N–H and O–H groups in total. The largest absolute Gasteiger partial charge is 0.508 e. The topological polar surface area (TPSA) is 37.3 Å². The average molecular weight is 186 g/mol. The van der Waals surface area contributed by atoms with Gasteiger partial charge < -0.3 is 9.90 Å². The first kappa shape index (κ1) is 9.64. The molecule has 2 nitrogen and oxygen atoms in total. The fourth-order valence-electron chi connectivity index (χ4n) is 0.928. The number of rotatable bonds is 3. The van der Waals surface area contributed by atoms with E-state index in [9.17, 15) is 13.6 Å². The van der Waals surface area contributed by atoms with Crippen LogP contribution in [-0.2, 0) is 10.7 Å². The van der Waals surface area contributed by atoms with E-state index in [0.29, 0.717) is 0 Å². The summed E-state index contributed by atoms with van der Waals surface area (Å²) >= 11 is 0. The number of alkyl halides is 2. The van der Waals surface area contributed by atoms with E-state index in [1.165, 1.54) is 0 Å². The second kappa shape index (κ2) is 3.51. The van der Waals surface area contributed by atoms with Gasteiger partial charge in [-0.2, -0.15) is 0 Å². The van der Waals surface area contributed by atoms with Crippen molar-refractivity contribution in [2.75, 3.05) is 0 Å². The summed E-state index contributed by atoms with van der Waals surface area (Å²) in [6, 6.07) is 4.51. The molecule has 0 unspecified atom stereocenters. The van der Waals surface area contributed by atoms with E-state index in [4.69, 9.17) is 5.11 Å². The summed E-state index contributed by atoms with van der Waals surface area (Å²) < 4.78 is 26.0. The molecule has 13 heavy (non-hydrogen) atoms. The second-order valence-electron chi connectivity index (χ2n) is 2.62. The van der Waals surface area contributed by atoms with E-state index in [2.05, 4.69) is 0 Å². The Hall–Kier alpha value is -1.45. The molecule has 1 rings (SSSR count). The smallest absolute Gasteiger partial charge is 0.279 e. The predicted molar refractivity (Wildman–Crippen MR) is 42.7 cm³/mol. The van der Waals surface area contributed by atoms with Crippen LogP contribution in [0.5, 0.6) is 5.75 Å². The van der Waals surface area contributed by atoms with Crippen LogP contribution in [0.1, 0.15) is 12.0 Å². The summed E-state index contributed by atoms with van der Waals surface area (Å²) in [7, 11) is 0. The number of hydrogen-bond donors (Lipinski definition) is 1. The predicted octanol–water partition coefficient (Wildman–Crippen LogP) is 2.07. The monoisotopic (exact) mass is 186 g/mol. The van der Waals surface area contributed by atoms with Gasteiger partial charge in [-0.15, -0.1) is 0 Å². The van der Waals surface area contributed by atoms with Crippen molar-refractivity contribution < 1.29 is 18.7 Å². The minimum absolute atomic E-state index is 0.0781.